The van der Waals surface area contributed by atoms with Crippen molar-refractivity contribution in [3.63, 3.8) is 0 Å². The molecule has 4 nitrogen and oxygen atoms in total. The van der Waals surface area contributed by atoms with Gasteiger partial charge in [-0.1, -0.05) is 6.42 Å². The second-order valence-electron chi connectivity index (χ2n) is 4.89. The maximum atomic E-state index is 12.1. The van der Waals surface area contributed by atoms with E-state index in [0.29, 0.717) is 24.9 Å². The number of hydrogen-bond acceptors (Lipinski definition) is 2. The van der Waals surface area contributed by atoms with Gasteiger partial charge in [-0.15, -0.1) is 0 Å². The van der Waals surface area contributed by atoms with E-state index in [2.05, 4.69) is 5.32 Å². The SMILES string of the molecule is O=C1CN(C(=O)C2C3CCCC32)CCN1. The van der Waals surface area contributed by atoms with Gasteiger partial charge in [-0.05, 0) is 24.7 Å². The first-order chi connectivity index (χ1) is 7.27. The van der Waals surface area contributed by atoms with E-state index in [1.165, 1.54) is 19.3 Å². The molecule has 0 spiro atoms. The van der Waals surface area contributed by atoms with Crippen LogP contribution in [0.15, 0.2) is 0 Å². The molecule has 3 aliphatic rings. The zero-order valence-corrected chi connectivity index (χ0v) is 8.74. The van der Waals surface area contributed by atoms with Crippen LogP contribution in [0.2, 0.25) is 0 Å². The average Bonchev–Trinajstić information content (AvgIpc) is 2.70. The van der Waals surface area contributed by atoms with Crippen molar-refractivity contribution in [3.8, 4) is 0 Å². The highest BCUT2D eigenvalue weighted by atomic mass is 16.2. The number of carbonyl (C=O) groups is 2. The van der Waals surface area contributed by atoms with Crippen molar-refractivity contribution in [2.75, 3.05) is 19.6 Å². The lowest BCUT2D eigenvalue weighted by Gasteiger charge is -2.27. The van der Waals surface area contributed by atoms with E-state index in [-0.39, 0.29) is 24.3 Å². The predicted octanol–water partition coefficient (Wildman–Crippen LogP) is -0.00910. The van der Waals surface area contributed by atoms with Crippen LogP contribution in [0.25, 0.3) is 0 Å². The Hall–Kier alpha value is -1.06. The molecule has 2 unspecified atom stereocenters. The monoisotopic (exact) mass is 208 g/mol. The molecule has 15 heavy (non-hydrogen) atoms. The van der Waals surface area contributed by atoms with Gasteiger partial charge in [-0.25, -0.2) is 0 Å². The smallest absolute Gasteiger partial charge is 0.239 e. The molecule has 0 aromatic rings. The zero-order valence-electron chi connectivity index (χ0n) is 8.74. The summed E-state index contributed by atoms with van der Waals surface area (Å²) in [5, 5.41) is 2.74. The number of piperazine rings is 1. The minimum atomic E-state index is -0.0135. The molecule has 3 rings (SSSR count). The van der Waals surface area contributed by atoms with E-state index >= 15 is 0 Å². The van der Waals surface area contributed by atoms with Gasteiger partial charge < -0.3 is 10.2 Å². The summed E-state index contributed by atoms with van der Waals surface area (Å²) in [6, 6.07) is 0. The quantitative estimate of drug-likeness (QED) is 0.659. The Morgan fingerprint density at radius 3 is 2.73 bits per heavy atom. The first kappa shape index (κ1) is 9.19. The fourth-order valence-corrected chi connectivity index (χ4v) is 3.23. The van der Waals surface area contributed by atoms with Gasteiger partial charge in [0, 0.05) is 19.0 Å². The van der Waals surface area contributed by atoms with Crippen molar-refractivity contribution in [2.24, 2.45) is 17.8 Å². The van der Waals surface area contributed by atoms with Crippen LogP contribution < -0.4 is 5.32 Å². The largest absolute Gasteiger partial charge is 0.353 e. The molecule has 2 aliphatic carbocycles. The number of hydrogen-bond donors (Lipinski definition) is 1. The summed E-state index contributed by atoms with van der Waals surface area (Å²) in [6.45, 7) is 1.59. The van der Waals surface area contributed by atoms with Crippen LogP contribution in [-0.2, 0) is 9.59 Å². The molecule has 1 N–H and O–H groups in total. The van der Waals surface area contributed by atoms with Crippen molar-refractivity contribution in [1.29, 1.82) is 0 Å². The van der Waals surface area contributed by atoms with E-state index in [9.17, 15) is 9.59 Å². The van der Waals surface area contributed by atoms with Crippen LogP contribution in [0.3, 0.4) is 0 Å². The van der Waals surface area contributed by atoms with E-state index < -0.39 is 0 Å². The number of rotatable bonds is 1. The highest BCUT2D eigenvalue weighted by molar-refractivity contribution is 5.88. The molecule has 3 fully saturated rings. The second kappa shape index (κ2) is 3.22. The van der Waals surface area contributed by atoms with E-state index in [4.69, 9.17) is 0 Å². The molecule has 2 saturated carbocycles. The van der Waals surface area contributed by atoms with Gasteiger partial charge in [-0.2, -0.15) is 0 Å². The summed E-state index contributed by atoms with van der Waals surface area (Å²) in [5.74, 6) is 1.80. The number of carbonyl (C=O) groups excluding carboxylic acids is 2. The molecule has 2 amide bonds. The van der Waals surface area contributed by atoms with Gasteiger partial charge in [0.15, 0.2) is 0 Å². The average molecular weight is 208 g/mol. The summed E-state index contributed by atoms with van der Waals surface area (Å²) in [5.41, 5.74) is 0. The van der Waals surface area contributed by atoms with Crippen molar-refractivity contribution >= 4 is 11.8 Å². The fraction of sp³-hybridized carbons (Fsp3) is 0.818. The number of nitrogens with one attached hydrogen (secondary N) is 1. The Kier molecular flexibility index (Phi) is 1.97. The second-order valence-corrected chi connectivity index (χ2v) is 4.89. The number of amides is 2. The van der Waals surface area contributed by atoms with Gasteiger partial charge >= 0.3 is 0 Å². The van der Waals surface area contributed by atoms with Crippen molar-refractivity contribution in [2.45, 2.75) is 19.3 Å². The molecule has 0 radical (unpaired) electrons. The minimum absolute atomic E-state index is 0.0135. The maximum Gasteiger partial charge on any atom is 0.239 e. The lowest BCUT2D eigenvalue weighted by molar-refractivity contribution is -0.139. The third-order valence-electron chi connectivity index (χ3n) is 4.04. The summed E-state index contributed by atoms with van der Waals surface area (Å²) in [6.07, 6.45) is 3.74. The lowest BCUT2D eigenvalue weighted by atomic mass is 10.1. The standard InChI is InChI=1S/C11H16N2O2/c14-9-6-13(5-4-12-9)11(15)10-7-2-1-3-8(7)10/h7-8,10H,1-6H2,(H,12,14). The summed E-state index contributed by atoms with van der Waals surface area (Å²) < 4.78 is 0. The van der Waals surface area contributed by atoms with Crippen LogP contribution in [0.4, 0.5) is 0 Å². The third-order valence-corrected chi connectivity index (χ3v) is 4.04. The topological polar surface area (TPSA) is 49.4 Å². The summed E-state index contributed by atoms with van der Waals surface area (Å²) in [7, 11) is 0. The van der Waals surface area contributed by atoms with Crippen molar-refractivity contribution in [1.82, 2.24) is 10.2 Å². The van der Waals surface area contributed by atoms with E-state index in [1.54, 1.807) is 4.90 Å². The normalized spacial score (nSPS) is 38.5. The summed E-state index contributed by atoms with van der Waals surface area (Å²) >= 11 is 0. The van der Waals surface area contributed by atoms with Crippen LogP contribution in [0, 0.1) is 17.8 Å². The number of fused-ring (bicyclic) bond motifs is 1. The van der Waals surface area contributed by atoms with Crippen LogP contribution in [-0.4, -0.2) is 36.3 Å². The summed E-state index contributed by atoms with van der Waals surface area (Å²) in [4.78, 5) is 25.0. The molecule has 0 aromatic heterocycles. The fourth-order valence-electron chi connectivity index (χ4n) is 3.23. The molecule has 1 saturated heterocycles. The molecule has 2 atom stereocenters. The van der Waals surface area contributed by atoms with Crippen molar-refractivity contribution in [3.05, 3.63) is 0 Å². The first-order valence-corrected chi connectivity index (χ1v) is 5.83. The van der Waals surface area contributed by atoms with E-state index in [0.717, 1.165) is 0 Å². The molecular weight excluding hydrogens is 192 g/mol. The molecule has 82 valence electrons. The Balaban J connectivity index is 1.63. The molecule has 0 bridgehead atoms. The van der Waals surface area contributed by atoms with Crippen LogP contribution >= 0.6 is 0 Å². The maximum absolute atomic E-state index is 12.1. The Labute approximate surface area is 89.0 Å². The highest BCUT2D eigenvalue weighted by Crippen LogP contribution is 2.58. The van der Waals surface area contributed by atoms with Crippen LogP contribution in [0.5, 0.6) is 0 Å². The minimum Gasteiger partial charge on any atom is -0.353 e. The van der Waals surface area contributed by atoms with Gasteiger partial charge in [0.05, 0.1) is 6.54 Å². The van der Waals surface area contributed by atoms with Gasteiger partial charge in [-0.3, -0.25) is 9.59 Å². The lowest BCUT2D eigenvalue weighted by Crippen LogP contribution is -2.50. The first-order valence-electron chi connectivity index (χ1n) is 5.83. The van der Waals surface area contributed by atoms with Gasteiger partial charge in [0.25, 0.3) is 0 Å². The van der Waals surface area contributed by atoms with Crippen molar-refractivity contribution < 1.29 is 9.59 Å². The Morgan fingerprint density at radius 2 is 2.07 bits per heavy atom. The predicted molar refractivity (Wildman–Crippen MR) is 53.9 cm³/mol. The zero-order chi connectivity index (χ0) is 10.4. The molecule has 4 heteroatoms. The molecule has 0 aromatic carbocycles. The Bertz CT molecular complexity index is 306. The Morgan fingerprint density at radius 1 is 1.33 bits per heavy atom. The number of nitrogens with zero attached hydrogens (tertiary/aromatic N) is 1. The third kappa shape index (κ3) is 1.43. The molecule has 1 heterocycles. The molecular formula is C11H16N2O2. The molecule has 1 aliphatic heterocycles. The van der Waals surface area contributed by atoms with Gasteiger partial charge in [0.2, 0.25) is 11.8 Å². The van der Waals surface area contributed by atoms with Crippen LogP contribution in [0.1, 0.15) is 19.3 Å². The van der Waals surface area contributed by atoms with Gasteiger partial charge in [0.1, 0.15) is 0 Å². The van der Waals surface area contributed by atoms with E-state index in [1.807, 2.05) is 0 Å². The highest BCUT2D eigenvalue weighted by Gasteiger charge is 2.57.